The molecule has 0 fully saturated rings. The van der Waals surface area contributed by atoms with E-state index >= 15 is 0 Å². The maximum atomic E-state index is 12.8. The molecule has 0 radical (unpaired) electrons. The first-order valence-corrected chi connectivity index (χ1v) is 10.1. The highest BCUT2D eigenvalue weighted by Crippen LogP contribution is 2.23. The number of hydrogen-bond donors (Lipinski definition) is 2. The lowest BCUT2D eigenvalue weighted by Gasteiger charge is -2.07. The van der Waals surface area contributed by atoms with Crippen LogP contribution in [0.3, 0.4) is 0 Å². The van der Waals surface area contributed by atoms with Crippen molar-refractivity contribution in [3.05, 3.63) is 84.2 Å². The van der Waals surface area contributed by atoms with Crippen molar-refractivity contribution in [1.29, 1.82) is 0 Å². The molecule has 2 aromatic heterocycles. The molecule has 0 bridgehead atoms. The molecule has 0 saturated heterocycles. The van der Waals surface area contributed by atoms with Crippen LogP contribution in [0.1, 0.15) is 16.2 Å². The van der Waals surface area contributed by atoms with Gasteiger partial charge >= 0.3 is 0 Å². The maximum Gasteiger partial charge on any atom is 0.278 e. The van der Waals surface area contributed by atoms with Gasteiger partial charge in [0.2, 0.25) is 0 Å². The lowest BCUT2D eigenvalue weighted by Crippen LogP contribution is -2.14. The molecule has 2 heterocycles. The van der Waals surface area contributed by atoms with Crippen molar-refractivity contribution in [3.8, 4) is 22.8 Å². The summed E-state index contributed by atoms with van der Waals surface area (Å²) in [6, 6.07) is 22.8. The van der Waals surface area contributed by atoms with Gasteiger partial charge < -0.3 is 15.0 Å². The van der Waals surface area contributed by atoms with Gasteiger partial charge in [-0.1, -0.05) is 23.4 Å². The SMILES string of the molecule is COc1cccc(-n2nnc(C(=O)Nc3ccc(-c4nc5ccccc5[nH]4)cc3)c2C)c1. The third-order valence-electron chi connectivity index (χ3n) is 5.21. The standard InChI is InChI=1S/C24H20N6O2/c1-15-22(28-29-30(15)18-6-5-7-19(14-18)32-2)24(31)25-17-12-10-16(11-13-17)23-26-20-8-3-4-9-21(20)27-23/h3-14H,1-2H3,(H,25,31)(H,26,27). The molecule has 0 saturated carbocycles. The maximum absolute atomic E-state index is 12.8. The lowest BCUT2D eigenvalue weighted by molar-refractivity contribution is 0.102. The minimum absolute atomic E-state index is 0.259. The second-order valence-corrected chi connectivity index (χ2v) is 7.27. The van der Waals surface area contributed by atoms with E-state index in [0.29, 0.717) is 17.1 Å². The average molecular weight is 424 g/mol. The molecule has 0 aliphatic heterocycles. The number of hydrogen-bond acceptors (Lipinski definition) is 5. The van der Waals surface area contributed by atoms with Crippen LogP contribution >= 0.6 is 0 Å². The number of nitrogens with zero attached hydrogens (tertiary/aromatic N) is 4. The topological polar surface area (TPSA) is 97.7 Å². The minimum atomic E-state index is -0.326. The van der Waals surface area contributed by atoms with E-state index in [9.17, 15) is 4.79 Å². The van der Waals surface area contributed by atoms with Gasteiger partial charge in [-0.25, -0.2) is 9.67 Å². The van der Waals surface area contributed by atoms with Gasteiger partial charge in [-0.2, -0.15) is 0 Å². The largest absolute Gasteiger partial charge is 0.497 e. The highest BCUT2D eigenvalue weighted by Gasteiger charge is 2.18. The van der Waals surface area contributed by atoms with E-state index < -0.39 is 0 Å². The number of carbonyl (C=O) groups is 1. The summed E-state index contributed by atoms with van der Waals surface area (Å²) in [6.45, 7) is 1.80. The number of ether oxygens (including phenoxy) is 1. The van der Waals surface area contributed by atoms with Crippen LogP contribution in [0.5, 0.6) is 5.75 Å². The number of benzene rings is 3. The van der Waals surface area contributed by atoms with Crippen LogP contribution in [0.4, 0.5) is 5.69 Å². The van der Waals surface area contributed by atoms with Crippen LogP contribution in [0, 0.1) is 6.92 Å². The summed E-state index contributed by atoms with van der Waals surface area (Å²) in [5.74, 6) is 1.15. The van der Waals surface area contributed by atoms with Crippen LogP contribution in [-0.4, -0.2) is 38.0 Å². The zero-order valence-electron chi connectivity index (χ0n) is 17.5. The van der Waals surface area contributed by atoms with Gasteiger partial charge in [0, 0.05) is 17.3 Å². The summed E-state index contributed by atoms with van der Waals surface area (Å²) in [6.07, 6.45) is 0. The fourth-order valence-corrected chi connectivity index (χ4v) is 3.52. The van der Waals surface area contributed by atoms with Crippen LogP contribution in [0.15, 0.2) is 72.8 Å². The van der Waals surface area contributed by atoms with Crippen molar-refractivity contribution in [2.45, 2.75) is 6.92 Å². The fourth-order valence-electron chi connectivity index (χ4n) is 3.52. The molecule has 8 nitrogen and oxygen atoms in total. The third kappa shape index (κ3) is 3.58. The number of para-hydroxylation sites is 2. The number of methoxy groups -OCH3 is 1. The van der Waals surface area contributed by atoms with Crippen LogP contribution in [0.2, 0.25) is 0 Å². The van der Waals surface area contributed by atoms with Crippen molar-refractivity contribution < 1.29 is 9.53 Å². The molecular weight excluding hydrogens is 404 g/mol. The molecule has 5 rings (SSSR count). The van der Waals surface area contributed by atoms with E-state index in [0.717, 1.165) is 28.1 Å². The van der Waals surface area contributed by atoms with Crippen molar-refractivity contribution >= 4 is 22.6 Å². The number of rotatable bonds is 5. The lowest BCUT2D eigenvalue weighted by atomic mass is 10.2. The Hall–Kier alpha value is -4.46. The Morgan fingerprint density at radius 1 is 1.03 bits per heavy atom. The predicted molar refractivity (Wildman–Crippen MR) is 122 cm³/mol. The first kappa shape index (κ1) is 19.5. The number of imidazole rings is 1. The van der Waals surface area contributed by atoms with Crippen molar-refractivity contribution in [3.63, 3.8) is 0 Å². The summed E-state index contributed by atoms with van der Waals surface area (Å²) in [5, 5.41) is 11.1. The molecular formula is C24H20N6O2. The number of nitrogens with one attached hydrogen (secondary N) is 2. The molecule has 158 valence electrons. The molecule has 32 heavy (non-hydrogen) atoms. The van der Waals surface area contributed by atoms with Gasteiger partial charge in [0.15, 0.2) is 5.69 Å². The predicted octanol–water partition coefficient (Wildman–Crippen LogP) is 4.38. The molecule has 0 aliphatic carbocycles. The molecule has 8 heteroatoms. The van der Waals surface area contributed by atoms with Crippen molar-refractivity contribution in [2.24, 2.45) is 0 Å². The number of carbonyl (C=O) groups excluding carboxylic acids is 1. The second kappa shape index (κ2) is 7.99. The fraction of sp³-hybridized carbons (Fsp3) is 0.0833. The smallest absolute Gasteiger partial charge is 0.278 e. The first-order chi connectivity index (χ1) is 15.6. The Kier molecular flexibility index (Phi) is 4.87. The summed E-state index contributed by atoms with van der Waals surface area (Å²) in [5.41, 5.74) is 5.14. The van der Waals surface area contributed by atoms with Crippen LogP contribution < -0.4 is 10.1 Å². The van der Waals surface area contributed by atoms with Gasteiger partial charge in [-0.05, 0) is 55.5 Å². The second-order valence-electron chi connectivity index (χ2n) is 7.27. The molecule has 1 amide bonds. The first-order valence-electron chi connectivity index (χ1n) is 10.1. The molecule has 0 spiro atoms. The molecule has 3 aromatic carbocycles. The normalized spacial score (nSPS) is 10.9. The van der Waals surface area contributed by atoms with Gasteiger partial charge in [-0.3, -0.25) is 4.79 Å². The number of amides is 1. The Bertz CT molecular complexity index is 1390. The van der Waals surface area contributed by atoms with Gasteiger partial charge in [-0.15, -0.1) is 5.10 Å². The van der Waals surface area contributed by atoms with Crippen LogP contribution in [-0.2, 0) is 0 Å². The highest BCUT2D eigenvalue weighted by molar-refractivity contribution is 6.03. The number of H-pyrrole nitrogens is 1. The Morgan fingerprint density at radius 2 is 1.84 bits per heavy atom. The molecule has 0 aliphatic rings. The van der Waals surface area contributed by atoms with E-state index in [1.807, 2.05) is 72.8 Å². The van der Waals surface area contributed by atoms with E-state index in [4.69, 9.17) is 4.74 Å². The molecule has 0 atom stereocenters. The number of aromatic amines is 1. The number of fused-ring (bicyclic) bond motifs is 1. The van der Waals surface area contributed by atoms with Gasteiger partial charge in [0.1, 0.15) is 11.6 Å². The van der Waals surface area contributed by atoms with Crippen molar-refractivity contribution in [2.75, 3.05) is 12.4 Å². The van der Waals surface area contributed by atoms with Crippen LogP contribution in [0.25, 0.3) is 28.1 Å². The minimum Gasteiger partial charge on any atom is -0.497 e. The van der Waals surface area contributed by atoms with Gasteiger partial charge in [0.05, 0.1) is 29.5 Å². The quantitative estimate of drug-likeness (QED) is 0.436. The average Bonchev–Trinajstić information content (AvgIpc) is 3.43. The highest BCUT2D eigenvalue weighted by atomic mass is 16.5. The molecule has 2 N–H and O–H groups in total. The van der Waals surface area contributed by atoms with Crippen molar-refractivity contribution in [1.82, 2.24) is 25.0 Å². The summed E-state index contributed by atoms with van der Waals surface area (Å²) >= 11 is 0. The number of aromatic nitrogens is 5. The Morgan fingerprint density at radius 3 is 2.62 bits per heavy atom. The zero-order chi connectivity index (χ0) is 22.1. The van der Waals surface area contributed by atoms with E-state index in [-0.39, 0.29) is 11.6 Å². The van der Waals surface area contributed by atoms with E-state index in [1.165, 1.54) is 0 Å². The Balaban J connectivity index is 1.34. The number of anilines is 1. The third-order valence-corrected chi connectivity index (χ3v) is 5.21. The summed E-state index contributed by atoms with van der Waals surface area (Å²) in [4.78, 5) is 20.7. The van der Waals surface area contributed by atoms with E-state index in [2.05, 4.69) is 25.6 Å². The van der Waals surface area contributed by atoms with E-state index in [1.54, 1.807) is 18.7 Å². The van der Waals surface area contributed by atoms with Gasteiger partial charge in [0.25, 0.3) is 5.91 Å². The Labute approximate surface area is 183 Å². The summed E-state index contributed by atoms with van der Waals surface area (Å²) in [7, 11) is 1.60. The monoisotopic (exact) mass is 424 g/mol. The zero-order valence-corrected chi connectivity index (χ0v) is 17.5. The molecule has 5 aromatic rings. The molecule has 0 unspecified atom stereocenters. The summed E-state index contributed by atoms with van der Waals surface area (Å²) < 4.78 is 6.87.